The molecule has 1 aliphatic rings. The molecule has 5 nitrogen and oxygen atoms in total. The smallest absolute Gasteiger partial charge is 0.175 e. The molecule has 0 N–H and O–H groups in total. The number of anilines is 1. The number of ether oxygens (including phenoxy) is 1. The maximum Gasteiger partial charge on any atom is 0.175 e. The summed E-state index contributed by atoms with van der Waals surface area (Å²) < 4.78 is 7.35. The van der Waals surface area contributed by atoms with Gasteiger partial charge in [0.1, 0.15) is 12.0 Å². The summed E-state index contributed by atoms with van der Waals surface area (Å²) in [5.74, 6) is 2.22. The third-order valence-corrected chi connectivity index (χ3v) is 4.62. The Hall–Kier alpha value is -3.34. The van der Waals surface area contributed by atoms with Crippen molar-refractivity contribution in [2.24, 2.45) is 0 Å². The molecule has 0 unspecified atom stereocenters. The summed E-state index contributed by atoms with van der Waals surface area (Å²) in [5, 5.41) is 4.54. The fourth-order valence-electron chi connectivity index (χ4n) is 3.17. The van der Waals surface area contributed by atoms with Gasteiger partial charge in [0.25, 0.3) is 0 Å². The molecule has 0 aliphatic carbocycles. The highest BCUT2D eigenvalue weighted by Gasteiger charge is 2.15. The fraction of sp³-hybridized carbons (Fsp3) is 0.182. The first kappa shape index (κ1) is 17.1. The van der Waals surface area contributed by atoms with Gasteiger partial charge in [0.2, 0.25) is 0 Å². The zero-order valence-electron chi connectivity index (χ0n) is 15.5. The van der Waals surface area contributed by atoms with Gasteiger partial charge in [0.05, 0.1) is 11.8 Å². The second-order valence-corrected chi connectivity index (χ2v) is 6.23. The number of hydrogen-bond donors (Lipinski definition) is 0. The van der Waals surface area contributed by atoms with Crippen LogP contribution in [0.5, 0.6) is 5.75 Å². The minimum Gasteiger partial charge on any atom is -0.463 e. The van der Waals surface area contributed by atoms with Crippen LogP contribution in [0.25, 0.3) is 29.7 Å². The van der Waals surface area contributed by atoms with Crippen molar-refractivity contribution >= 4 is 24.0 Å². The first-order valence-corrected chi connectivity index (χ1v) is 9.21. The second-order valence-electron chi connectivity index (χ2n) is 6.23. The fourth-order valence-corrected chi connectivity index (χ4v) is 3.17. The van der Waals surface area contributed by atoms with Gasteiger partial charge in [-0.1, -0.05) is 30.3 Å². The number of rotatable bonds is 5. The Morgan fingerprint density at radius 2 is 1.78 bits per heavy atom. The van der Waals surface area contributed by atoms with E-state index in [-0.39, 0.29) is 0 Å². The molecule has 1 aliphatic heterocycles. The van der Waals surface area contributed by atoms with Crippen molar-refractivity contribution in [2.45, 2.75) is 13.8 Å². The van der Waals surface area contributed by atoms with E-state index in [1.165, 1.54) is 5.69 Å². The highest BCUT2D eigenvalue weighted by atomic mass is 16.5. The van der Waals surface area contributed by atoms with E-state index < -0.39 is 0 Å². The van der Waals surface area contributed by atoms with Crippen LogP contribution in [0.1, 0.15) is 25.2 Å². The lowest BCUT2D eigenvalue weighted by atomic mass is 10.1. The summed E-state index contributed by atoms with van der Waals surface area (Å²) in [6.07, 6.45) is 7.38. The molecule has 0 atom stereocenters. The number of hydrogen-bond acceptors (Lipinski definition) is 4. The van der Waals surface area contributed by atoms with Crippen molar-refractivity contribution in [3.05, 3.63) is 66.2 Å². The lowest BCUT2D eigenvalue weighted by molar-refractivity contribution is 0.487. The molecule has 2 heterocycles. The van der Waals surface area contributed by atoms with E-state index in [4.69, 9.17) is 4.74 Å². The summed E-state index contributed by atoms with van der Waals surface area (Å²) in [7, 11) is 0. The van der Waals surface area contributed by atoms with E-state index in [1.54, 1.807) is 17.1 Å². The topological polar surface area (TPSA) is 43.2 Å². The Kier molecular flexibility index (Phi) is 4.75. The number of para-hydroxylation sites is 1. The Balaban J connectivity index is 1.58. The largest absolute Gasteiger partial charge is 0.463 e. The first-order chi connectivity index (χ1) is 13.3. The van der Waals surface area contributed by atoms with E-state index in [9.17, 15) is 0 Å². The van der Waals surface area contributed by atoms with Crippen molar-refractivity contribution in [3.63, 3.8) is 0 Å². The van der Waals surface area contributed by atoms with E-state index in [0.717, 1.165) is 35.8 Å². The average Bonchev–Trinajstić information content (AvgIpc) is 3.03. The van der Waals surface area contributed by atoms with Crippen LogP contribution >= 0.6 is 0 Å². The Labute approximate surface area is 159 Å². The molecule has 0 fully saturated rings. The Morgan fingerprint density at radius 3 is 2.56 bits per heavy atom. The SMILES string of the molecule is CCN(CC)c1ccc(/C=C/c2nc3n(n2)C=COc2ccccc2-3)cc1. The van der Waals surface area contributed by atoms with Gasteiger partial charge < -0.3 is 9.64 Å². The highest BCUT2D eigenvalue weighted by molar-refractivity contribution is 5.71. The van der Waals surface area contributed by atoms with E-state index >= 15 is 0 Å². The third-order valence-electron chi connectivity index (χ3n) is 4.62. The van der Waals surface area contributed by atoms with Crippen LogP contribution in [0.4, 0.5) is 5.69 Å². The normalized spacial score (nSPS) is 12.4. The van der Waals surface area contributed by atoms with Crippen LogP contribution in [0.2, 0.25) is 0 Å². The van der Waals surface area contributed by atoms with Gasteiger partial charge in [0.15, 0.2) is 11.6 Å². The molecular weight excluding hydrogens is 336 g/mol. The van der Waals surface area contributed by atoms with E-state index in [1.807, 2.05) is 36.4 Å². The van der Waals surface area contributed by atoms with Crippen LogP contribution in [-0.4, -0.2) is 27.9 Å². The summed E-state index contributed by atoms with van der Waals surface area (Å²) in [5.41, 5.74) is 3.29. The van der Waals surface area contributed by atoms with Gasteiger partial charge in [-0.3, -0.25) is 0 Å². The molecule has 2 aromatic carbocycles. The van der Waals surface area contributed by atoms with Crippen LogP contribution in [0.3, 0.4) is 0 Å². The zero-order valence-corrected chi connectivity index (χ0v) is 15.5. The second kappa shape index (κ2) is 7.50. The maximum atomic E-state index is 5.60. The van der Waals surface area contributed by atoms with Gasteiger partial charge in [-0.25, -0.2) is 9.67 Å². The van der Waals surface area contributed by atoms with Crippen molar-refractivity contribution in [2.75, 3.05) is 18.0 Å². The number of aromatic nitrogens is 3. The van der Waals surface area contributed by atoms with Crippen LogP contribution in [0.15, 0.2) is 54.8 Å². The predicted molar refractivity (Wildman–Crippen MR) is 110 cm³/mol. The summed E-state index contributed by atoms with van der Waals surface area (Å²) >= 11 is 0. The number of nitrogens with zero attached hydrogens (tertiary/aromatic N) is 4. The molecule has 1 aromatic heterocycles. The molecule has 0 bridgehead atoms. The molecular formula is C22H22N4O. The number of benzene rings is 2. The molecule has 0 spiro atoms. The maximum absolute atomic E-state index is 5.60. The molecule has 0 saturated heterocycles. The van der Waals surface area contributed by atoms with Crippen LogP contribution in [-0.2, 0) is 0 Å². The highest BCUT2D eigenvalue weighted by Crippen LogP contribution is 2.31. The van der Waals surface area contributed by atoms with Gasteiger partial charge in [-0.2, -0.15) is 0 Å². The molecule has 136 valence electrons. The molecule has 27 heavy (non-hydrogen) atoms. The molecule has 3 aromatic rings. The summed E-state index contributed by atoms with van der Waals surface area (Å²) in [4.78, 5) is 6.99. The molecule has 5 heteroatoms. The van der Waals surface area contributed by atoms with E-state index in [2.05, 4.69) is 53.1 Å². The first-order valence-electron chi connectivity index (χ1n) is 9.21. The molecule has 0 radical (unpaired) electrons. The minimum absolute atomic E-state index is 0.666. The van der Waals surface area contributed by atoms with Gasteiger partial charge >= 0.3 is 0 Å². The van der Waals surface area contributed by atoms with Crippen molar-refractivity contribution < 1.29 is 4.74 Å². The quantitative estimate of drug-likeness (QED) is 0.658. The standard InChI is InChI=1S/C22H22N4O/c1-3-25(4-2)18-12-9-17(10-13-18)11-14-21-23-22-19-7-5-6-8-20(19)27-16-15-26(22)24-21/h5-16H,3-4H2,1-2H3/b14-11+. The monoisotopic (exact) mass is 358 g/mol. The third kappa shape index (κ3) is 3.49. The predicted octanol–water partition coefficient (Wildman–Crippen LogP) is 4.78. The Bertz CT molecular complexity index is 982. The molecule has 0 amide bonds. The zero-order chi connectivity index (χ0) is 18.6. The number of fused-ring (bicyclic) bond motifs is 3. The molecule has 0 saturated carbocycles. The van der Waals surface area contributed by atoms with Gasteiger partial charge in [-0.15, -0.1) is 5.10 Å². The lowest BCUT2D eigenvalue weighted by Gasteiger charge is -2.20. The minimum atomic E-state index is 0.666. The van der Waals surface area contributed by atoms with Crippen LogP contribution < -0.4 is 9.64 Å². The van der Waals surface area contributed by atoms with E-state index in [0.29, 0.717) is 5.82 Å². The summed E-state index contributed by atoms with van der Waals surface area (Å²) in [6, 6.07) is 16.4. The Morgan fingerprint density at radius 1 is 1.00 bits per heavy atom. The van der Waals surface area contributed by atoms with Gasteiger partial charge in [-0.05, 0) is 49.8 Å². The summed E-state index contributed by atoms with van der Waals surface area (Å²) in [6.45, 7) is 6.36. The van der Waals surface area contributed by atoms with Crippen molar-refractivity contribution in [3.8, 4) is 17.1 Å². The lowest BCUT2D eigenvalue weighted by Crippen LogP contribution is -2.21. The van der Waals surface area contributed by atoms with Crippen molar-refractivity contribution in [1.82, 2.24) is 14.8 Å². The molecule has 4 rings (SSSR count). The van der Waals surface area contributed by atoms with Crippen LogP contribution in [0, 0.1) is 0 Å². The average molecular weight is 358 g/mol. The van der Waals surface area contributed by atoms with Crippen molar-refractivity contribution in [1.29, 1.82) is 0 Å². The van der Waals surface area contributed by atoms with Gasteiger partial charge in [0, 0.05) is 18.8 Å².